The first-order chi connectivity index (χ1) is 20.6. The lowest BCUT2D eigenvalue weighted by molar-refractivity contribution is -0.173. The van der Waals surface area contributed by atoms with Crippen LogP contribution in [0.5, 0.6) is 0 Å². The fourth-order valence-corrected chi connectivity index (χ4v) is 6.25. The molecule has 2 atom stereocenters. The van der Waals surface area contributed by atoms with Crippen molar-refractivity contribution in [3.63, 3.8) is 0 Å². The Kier molecular flexibility index (Phi) is 7.91. The molecule has 41 heavy (non-hydrogen) atoms. The van der Waals surface area contributed by atoms with Gasteiger partial charge in [0.15, 0.2) is 10.8 Å². The van der Waals surface area contributed by atoms with Gasteiger partial charge >= 0.3 is 11.9 Å². The highest BCUT2D eigenvalue weighted by atomic mass is 32.2. The standard InChI is InChI=1S/C25H28N6O7S3/c1-12-15(41-10-27-12)7-6-13-8-39-21-17(29-19(32)16(30-36-5)14-9-40-24(26)28-14)20(33)31(21)18(13)22(34)37-11-38-23(35)25(2,3)4/h6-7,9-10,17,21H,8,11H2,1-5H3,(H2,26,28)(H,29,32)/b7-6-,30-16-/t17-,21-/m1/s1/i5D3. The van der Waals surface area contributed by atoms with Crippen molar-refractivity contribution in [3.8, 4) is 0 Å². The smallest absolute Gasteiger partial charge is 0.358 e. The topological polar surface area (TPSA) is 175 Å². The first kappa shape index (κ1) is 26.2. The molecule has 0 spiro atoms. The molecule has 0 radical (unpaired) electrons. The normalized spacial score (nSPS) is 20.5. The number of nitrogens with two attached hydrogens (primary N) is 1. The molecule has 218 valence electrons. The number of β-lactam (4-membered cyclic amide) rings is 1. The quantitative estimate of drug-likeness (QED) is 0.138. The van der Waals surface area contributed by atoms with Crippen LogP contribution in [0, 0.1) is 12.3 Å². The number of rotatable bonds is 9. The molecule has 4 heterocycles. The lowest BCUT2D eigenvalue weighted by atomic mass is 9.98. The minimum absolute atomic E-state index is 0.0473. The molecule has 3 N–H and O–H groups in total. The van der Waals surface area contributed by atoms with Crippen LogP contribution in [-0.4, -0.2) is 75.3 Å². The van der Waals surface area contributed by atoms with Crippen molar-refractivity contribution < 1.29 is 37.6 Å². The van der Waals surface area contributed by atoms with Gasteiger partial charge < -0.3 is 25.4 Å². The van der Waals surface area contributed by atoms with Gasteiger partial charge in [0.1, 0.15) is 29.8 Å². The summed E-state index contributed by atoms with van der Waals surface area (Å²) in [7, 11) is -2.95. The molecule has 1 fully saturated rings. The zero-order chi connectivity index (χ0) is 32.4. The Hall–Kier alpha value is -3.76. The summed E-state index contributed by atoms with van der Waals surface area (Å²) in [5.74, 6) is -2.80. The predicted molar refractivity (Wildman–Crippen MR) is 155 cm³/mol. The third-order valence-corrected chi connectivity index (χ3v) is 8.68. The fraction of sp³-hybridized carbons (Fsp3) is 0.400. The number of amides is 2. The number of esters is 2. The van der Waals surface area contributed by atoms with E-state index in [1.165, 1.54) is 33.4 Å². The number of ether oxygens (including phenoxy) is 2. The molecule has 2 amide bonds. The lowest BCUT2D eigenvalue weighted by Crippen LogP contribution is -2.71. The van der Waals surface area contributed by atoms with Gasteiger partial charge in [-0.2, -0.15) is 0 Å². The summed E-state index contributed by atoms with van der Waals surface area (Å²) >= 11 is 3.67. The Morgan fingerprint density at radius 3 is 2.71 bits per heavy atom. The van der Waals surface area contributed by atoms with Crippen LogP contribution >= 0.6 is 34.4 Å². The Bertz CT molecular complexity index is 1560. The summed E-state index contributed by atoms with van der Waals surface area (Å²) < 4.78 is 32.0. The zero-order valence-corrected chi connectivity index (χ0v) is 24.8. The van der Waals surface area contributed by atoms with Crippen LogP contribution in [0.2, 0.25) is 0 Å². The van der Waals surface area contributed by atoms with E-state index in [1.54, 1.807) is 38.4 Å². The largest absolute Gasteiger partial charge is 0.427 e. The Balaban J connectivity index is 1.57. The van der Waals surface area contributed by atoms with E-state index in [9.17, 15) is 19.2 Å². The van der Waals surface area contributed by atoms with E-state index in [1.807, 2.05) is 6.92 Å². The number of nitrogen functional groups attached to an aromatic ring is 1. The Labute approximate surface area is 252 Å². The van der Waals surface area contributed by atoms with Crippen LogP contribution in [0.1, 0.15) is 41.1 Å². The molecule has 0 unspecified atom stereocenters. The van der Waals surface area contributed by atoms with E-state index in [4.69, 9.17) is 19.3 Å². The molecule has 1 saturated heterocycles. The number of allylic oxidation sites excluding steroid dienone is 1. The van der Waals surface area contributed by atoms with Gasteiger partial charge in [0.05, 0.1) is 20.7 Å². The number of carbonyl (C=O) groups excluding carboxylic acids is 4. The number of fused-ring (bicyclic) bond motifs is 1. The van der Waals surface area contributed by atoms with Crippen molar-refractivity contribution in [2.24, 2.45) is 10.6 Å². The van der Waals surface area contributed by atoms with Gasteiger partial charge in [0.25, 0.3) is 11.8 Å². The third kappa shape index (κ3) is 6.60. The lowest BCUT2D eigenvalue weighted by Gasteiger charge is -2.49. The maximum atomic E-state index is 13.4. The molecular weight excluding hydrogens is 593 g/mol. The average molecular weight is 624 g/mol. The molecule has 2 aromatic heterocycles. The minimum Gasteiger partial charge on any atom is -0.427 e. The average Bonchev–Trinajstić information content (AvgIpc) is 3.55. The third-order valence-electron chi connectivity index (χ3n) is 5.81. The van der Waals surface area contributed by atoms with Crippen molar-refractivity contribution in [1.29, 1.82) is 0 Å². The van der Waals surface area contributed by atoms with Gasteiger partial charge in [-0.05, 0) is 39.3 Å². The van der Waals surface area contributed by atoms with E-state index in [-0.39, 0.29) is 22.3 Å². The van der Waals surface area contributed by atoms with Crippen LogP contribution in [0.15, 0.2) is 33.4 Å². The van der Waals surface area contributed by atoms with Crippen LogP contribution in [0.3, 0.4) is 0 Å². The molecule has 2 aliphatic rings. The maximum Gasteiger partial charge on any atom is 0.358 e. The highest BCUT2D eigenvalue weighted by Crippen LogP contribution is 2.41. The molecule has 0 bridgehead atoms. The number of oxime groups is 1. The second-order valence-electron chi connectivity index (χ2n) is 9.70. The van der Waals surface area contributed by atoms with Crippen molar-refractivity contribution in [1.82, 2.24) is 20.2 Å². The summed E-state index contributed by atoms with van der Waals surface area (Å²) in [5, 5.41) is 6.74. The van der Waals surface area contributed by atoms with Crippen LogP contribution in [-0.2, 0) is 33.5 Å². The Morgan fingerprint density at radius 1 is 1.29 bits per heavy atom. The second-order valence-corrected chi connectivity index (χ2v) is 12.6. The molecule has 4 rings (SSSR count). The summed E-state index contributed by atoms with van der Waals surface area (Å²) in [4.78, 5) is 66.7. The van der Waals surface area contributed by atoms with Crippen molar-refractivity contribution in [3.05, 3.63) is 44.5 Å². The number of carbonyl (C=O) groups is 4. The zero-order valence-electron chi connectivity index (χ0n) is 25.3. The summed E-state index contributed by atoms with van der Waals surface area (Å²) in [5.41, 5.74) is 7.16. The number of nitrogens with one attached hydrogen (secondary N) is 1. The van der Waals surface area contributed by atoms with E-state index in [0.717, 1.165) is 21.9 Å². The van der Waals surface area contributed by atoms with E-state index in [2.05, 4.69) is 25.3 Å². The van der Waals surface area contributed by atoms with E-state index in [0.29, 0.717) is 5.57 Å². The number of hydrogen-bond acceptors (Lipinski definition) is 14. The molecular formula is C25H28N6O7S3. The fourth-order valence-electron chi connectivity index (χ4n) is 3.68. The number of aromatic nitrogens is 2. The number of aryl methyl sites for hydroxylation is 1. The molecule has 16 heteroatoms. The van der Waals surface area contributed by atoms with Crippen molar-refractivity contribution in [2.75, 3.05) is 25.3 Å². The minimum atomic E-state index is -2.95. The maximum absolute atomic E-state index is 13.4. The SMILES string of the molecule is [2H]C([2H])([2H])O/N=C(\C(=O)N[C@@H]1C(=O)N2C(C(=O)OCOC(=O)C(C)(C)C)=C(/C=C\c3scnc3C)CS[C@H]12)c1csc(N)n1. The van der Waals surface area contributed by atoms with Crippen LogP contribution in [0.4, 0.5) is 5.13 Å². The number of nitrogens with zero attached hydrogens (tertiary/aromatic N) is 4. The van der Waals surface area contributed by atoms with Gasteiger partial charge in [-0.1, -0.05) is 11.2 Å². The predicted octanol–water partition coefficient (Wildman–Crippen LogP) is 2.30. The van der Waals surface area contributed by atoms with Crippen LogP contribution < -0.4 is 11.1 Å². The number of thioether (sulfide) groups is 1. The van der Waals surface area contributed by atoms with E-state index >= 15 is 0 Å². The molecule has 2 aromatic rings. The molecule has 0 saturated carbocycles. The molecule has 0 aromatic carbocycles. The molecule has 2 aliphatic heterocycles. The van der Waals surface area contributed by atoms with Gasteiger partial charge in [-0.25, -0.2) is 14.8 Å². The van der Waals surface area contributed by atoms with Crippen molar-refractivity contribution >= 4 is 75.1 Å². The first-order valence-corrected chi connectivity index (χ1v) is 14.8. The molecule has 0 aliphatic carbocycles. The number of anilines is 1. The number of thiazole rings is 2. The Morgan fingerprint density at radius 2 is 2.07 bits per heavy atom. The summed E-state index contributed by atoms with van der Waals surface area (Å²) in [6, 6.07) is -1.11. The van der Waals surface area contributed by atoms with Gasteiger partial charge in [0, 0.05) is 16.0 Å². The van der Waals surface area contributed by atoms with Gasteiger partial charge in [0.2, 0.25) is 6.79 Å². The highest BCUT2D eigenvalue weighted by molar-refractivity contribution is 8.00. The van der Waals surface area contributed by atoms with Gasteiger partial charge in [-0.15, -0.1) is 34.4 Å². The monoisotopic (exact) mass is 623 g/mol. The van der Waals surface area contributed by atoms with E-state index < -0.39 is 60.1 Å². The number of hydrogen-bond donors (Lipinski definition) is 2. The van der Waals surface area contributed by atoms with Crippen LogP contribution in [0.25, 0.3) is 6.08 Å². The summed E-state index contributed by atoms with van der Waals surface area (Å²) in [6.45, 7) is 6.12. The van der Waals surface area contributed by atoms with Crippen molar-refractivity contribution in [2.45, 2.75) is 39.1 Å². The second kappa shape index (κ2) is 12.4. The summed E-state index contributed by atoms with van der Waals surface area (Å²) in [6.07, 6.45) is 3.46. The van der Waals surface area contributed by atoms with Gasteiger partial charge in [-0.3, -0.25) is 19.3 Å². The highest BCUT2D eigenvalue weighted by Gasteiger charge is 2.54. The molecule has 13 nitrogen and oxygen atoms in total. The first-order valence-electron chi connectivity index (χ1n) is 13.5.